The second kappa shape index (κ2) is 34.0. The number of halogens is 1. The molecule has 0 aliphatic heterocycles. The maximum absolute atomic E-state index is 3.24. The Labute approximate surface area is 295 Å². The van der Waals surface area contributed by atoms with E-state index in [0.717, 1.165) is 0 Å². The summed E-state index contributed by atoms with van der Waals surface area (Å²) in [4.78, 5) is 0. The van der Waals surface area contributed by atoms with Gasteiger partial charge < -0.3 is 0 Å². The Bertz CT molecular complexity index is 502. The second-order valence-electron chi connectivity index (χ2n) is 15.3. The van der Waals surface area contributed by atoms with Crippen molar-refractivity contribution in [3.63, 3.8) is 0 Å². The van der Waals surface area contributed by atoms with E-state index in [4.69, 9.17) is 0 Å². The summed E-state index contributed by atoms with van der Waals surface area (Å²) in [7, 11) is 0. The average Bonchev–Trinajstić information content (AvgIpc) is 3.02. The van der Waals surface area contributed by atoms with Crippen molar-refractivity contribution in [2.24, 2.45) is 0 Å². The molecule has 0 nitrogen and oxygen atoms in total. The molecule has 2 heteroatoms. The molecule has 0 radical (unpaired) electrons. The number of hydrogen-bond acceptors (Lipinski definition) is 0. The van der Waals surface area contributed by atoms with Gasteiger partial charge in [0.05, 0.1) is 0 Å². The summed E-state index contributed by atoms with van der Waals surface area (Å²) in [6, 6.07) is 0. The molecule has 0 amide bonds. The molecule has 0 aliphatic carbocycles. The van der Waals surface area contributed by atoms with Gasteiger partial charge in [0.2, 0.25) is 0 Å². The first-order valence-electron chi connectivity index (χ1n) is 21.3. The SMILES string of the molecule is CCCCCCCCCCCCCCCCCCP(I)(CCCCCCCC)(CCCCCCCC)CCCCCCCC. The molecule has 0 atom stereocenters. The van der Waals surface area contributed by atoms with Crippen molar-refractivity contribution in [2.45, 2.75) is 246 Å². The van der Waals surface area contributed by atoms with Gasteiger partial charge in [0.25, 0.3) is 0 Å². The molecule has 0 bridgehead atoms. The summed E-state index contributed by atoms with van der Waals surface area (Å²) in [6.45, 7) is 9.39. The Balaban J connectivity index is 4.63. The maximum atomic E-state index is 3.24. The fourth-order valence-corrected chi connectivity index (χ4v) is 17.1. The molecule has 268 valence electrons. The van der Waals surface area contributed by atoms with E-state index in [1.54, 1.807) is 31.1 Å². The number of hydrogen-bond donors (Lipinski definition) is 0. The third-order valence-corrected chi connectivity index (χ3v) is 22.3. The molecule has 44 heavy (non-hydrogen) atoms. The predicted octanol–water partition coefficient (Wildman–Crippen LogP) is 17.2. The van der Waals surface area contributed by atoms with E-state index in [2.05, 4.69) is 49.7 Å². The van der Waals surface area contributed by atoms with Crippen molar-refractivity contribution >= 4 is 26.3 Å². The van der Waals surface area contributed by atoms with Gasteiger partial charge in [-0.15, -0.1) is 0 Å². The topological polar surface area (TPSA) is 0 Å². The summed E-state index contributed by atoms with van der Waals surface area (Å²) in [5, 5.41) is 0. The Kier molecular flexibility index (Phi) is 34.9. The molecule has 0 unspecified atom stereocenters. The van der Waals surface area contributed by atoms with E-state index in [-0.39, 0.29) is 0 Å². The van der Waals surface area contributed by atoms with Crippen LogP contribution in [0.25, 0.3) is 0 Å². The molecule has 0 N–H and O–H groups in total. The van der Waals surface area contributed by atoms with E-state index < -0.39 is 4.25 Å². The van der Waals surface area contributed by atoms with Crippen molar-refractivity contribution in [2.75, 3.05) is 24.6 Å². The normalized spacial score (nSPS) is 13.0. The standard InChI is InChI=1S/C42H88IP/c1-5-9-13-17-21-22-23-24-25-26-27-28-29-30-34-38-42-44(43,39-35-31-18-14-10-6-2,40-36-32-19-15-11-7-3)41-37-33-20-16-12-8-4/h5-42H2,1-4H3. The zero-order valence-corrected chi connectivity index (χ0v) is 34.7. The van der Waals surface area contributed by atoms with E-state index >= 15 is 0 Å². The fourth-order valence-electron chi connectivity index (χ4n) is 7.59. The van der Waals surface area contributed by atoms with Gasteiger partial charge in [0.15, 0.2) is 0 Å². The first kappa shape index (κ1) is 45.2. The Morgan fingerprint density at radius 1 is 0.227 bits per heavy atom. The molecule has 0 aromatic rings. The van der Waals surface area contributed by atoms with Crippen LogP contribution in [0.2, 0.25) is 0 Å². The molecule has 0 spiro atoms. The van der Waals surface area contributed by atoms with Gasteiger partial charge in [0.1, 0.15) is 0 Å². The van der Waals surface area contributed by atoms with Crippen LogP contribution >= 0.6 is 26.3 Å². The van der Waals surface area contributed by atoms with Crippen LogP contribution in [-0.4, -0.2) is 24.6 Å². The molecule has 0 aromatic heterocycles. The Morgan fingerprint density at radius 3 is 0.523 bits per heavy atom. The van der Waals surface area contributed by atoms with Gasteiger partial charge in [-0.25, -0.2) is 0 Å². The van der Waals surface area contributed by atoms with Crippen LogP contribution in [-0.2, 0) is 0 Å². The van der Waals surface area contributed by atoms with E-state index in [9.17, 15) is 0 Å². The number of rotatable bonds is 38. The van der Waals surface area contributed by atoms with Crippen molar-refractivity contribution in [3.8, 4) is 0 Å². The third-order valence-electron chi connectivity index (χ3n) is 10.8. The van der Waals surface area contributed by atoms with E-state index in [1.807, 2.05) is 0 Å². The van der Waals surface area contributed by atoms with Gasteiger partial charge in [-0.2, -0.15) is 0 Å². The third kappa shape index (κ3) is 29.3. The molecule has 0 saturated heterocycles. The number of unbranched alkanes of at least 4 members (excludes halogenated alkanes) is 30. The van der Waals surface area contributed by atoms with Crippen LogP contribution in [0, 0.1) is 0 Å². The van der Waals surface area contributed by atoms with Gasteiger partial charge in [0, 0.05) is 0 Å². The quantitative estimate of drug-likeness (QED) is 0.0335. The van der Waals surface area contributed by atoms with Gasteiger partial charge in [-0.05, 0) is 0 Å². The minimum atomic E-state index is -1.64. The summed E-state index contributed by atoms with van der Waals surface area (Å²) in [5.74, 6) is 0. The zero-order chi connectivity index (χ0) is 32.3. The minimum absolute atomic E-state index is 1.37. The Morgan fingerprint density at radius 2 is 0.364 bits per heavy atom. The summed E-state index contributed by atoms with van der Waals surface area (Å²) in [5.41, 5.74) is 0. The summed E-state index contributed by atoms with van der Waals surface area (Å²) < 4.78 is -1.64. The van der Waals surface area contributed by atoms with Crippen LogP contribution in [0.5, 0.6) is 0 Å². The Hall–Kier alpha value is 1.16. The average molecular weight is 751 g/mol. The predicted molar refractivity (Wildman–Crippen MR) is 220 cm³/mol. The van der Waals surface area contributed by atoms with Crippen molar-refractivity contribution in [1.82, 2.24) is 0 Å². The monoisotopic (exact) mass is 751 g/mol. The van der Waals surface area contributed by atoms with Crippen molar-refractivity contribution in [1.29, 1.82) is 0 Å². The van der Waals surface area contributed by atoms with E-state index in [0.29, 0.717) is 0 Å². The fraction of sp³-hybridized carbons (Fsp3) is 1.00. The van der Waals surface area contributed by atoms with Crippen LogP contribution in [0.4, 0.5) is 0 Å². The van der Waals surface area contributed by atoms with Crippen LogP contribution in [0.3, 0.4) is 0 Å². The molecular weight excluding hydrogens is 662 g/mol. The molecule has 0 aliphatic rings. The molecule has 0 saturated carbocycles. The van der Waals surface area contributed by atoms with Crippen LogP contribution in [0.15, 0.2) is 0 Å². The molecule has 0 fully saturated rings. The summed E-state index contributed by atoms with van der Waals surface area (Å²) in [6.07, 6.45) is 56.8. The summed E-state index contributed by atoms with van der Waals surface area (Å²) >= 11 is 3.24. The second-order valence-corrected chi connectivity index (χ2v) is 28.9. The molecule has 0 rings (SSSR count). The van der Waals surface area contributed by atoms with Gasteiger partial charge in [-0.3, -0.25) is 0 Å². The molecular formula is C42H88IP. The first-order valence-corrected chi connectivity index (χ1v) is 27.0. The first-order chi connectivity index (χ1) is 21.5. The van der Waals surface area contributed by atoms with Crippen LogP contribution in [0.1, 0.15) is 246 Å². The van der Waals surface area contributed by atoms with Gasteiger partial charge in [-0.1, -0.05) is 39.0 Å². The van der Waals surface area contributed by atoms with Crippen LogP contribution < -0.4 is 0 Å². The molecule has 0 heterocycles. The van der Waals surface area contributed by atoms with E-state index in [1.165, 1.54) is 212 Å². The zero-order valence-electron chi connectivity index (χ0n) is 31.7. The van der Waals surface area contributed by atoms with Gasteiger partial charge >= 0.3 is 258 Å². The van der Waals surface area contributed by atoms with Crippen molar-refractivity contribution < 1.29 is 0 Å². The molecule has 0 aromatic carbocycles. The van der Waals surface area contributed by atoms with Crippen molar-refractivity contribution in [3.05, 3.63) is 0 Å².